The van der Waals surface area contributed by atoms with Gasteiger partial charge in [-0.2, -0.15) is 0 Å². The molecule has 0 aromatic heterocycles. The highest BCUT2D eigenvalue weighted by molar-refractivity contribution is 9.09. The van der Waals surface area contributed by atoms with Crippen molar-refractivity contribution >= 4 is 27.7 Å². The van der Waals surface area contributed by atoms with Crippen molar-refractivity contribution in [2.24, 2.45) is 0 Å². The summed E-state index contributed by atoms with van der Waals surface area (Å²) in [6.07, 6.45) is 1.78. The SMILES string of the molecule is CCC(Br)CCN1C(=O)c2ccccc2C1=O. The van der Waals surface area contributed by atoms with Gasteiger partial charge in [-0.1, -0.05) is 35.0 Å². The zero-order chi connectivity index (χ0) is 12.4. The minimum Gasteiger partial charge on any atom is -0.274 e. The van der Waals surface area contributed by atoms with Gasteiger partial charge in [0.05, 0.1) is 11.1 Å². The van der Waals surface area contributed by atoms with Crippen molar-refractivity contribution < 1.29 is 9.59 Å². The predicted molar refractivity (Wildman–Crippen MR) is 69.4 cm³/mol. The highest BCUT2D eigenvalue weighted by Crippen LogP contribution is 2.23. The van der Waals surface area contributed by atoms with E-state index in [2.05, 4.69) is 22.9 Å². The number of hydrogen-bond acceptors (Lipinski definition) is 2. The van der Waals surface area contributed by atoms with Gasteiger partial charge >= 0.3 is 0 Å². The molecule has 0 saturated heterocycles. The lowest BCUT2D eigenvalue weighted by atomic mass is 10.1. The third-order valence-electron chi connectivity index (χ3n) is 2.99. The lowest BCUT2D eigenvalue weighted by molar-refractivity contribution is 0.0652. The predicted octanol–water partition coefficient (Wildman–Crippen LogP) is 2.85. The van der Waals surface area contributed by atoms with Crippen molar-refractivity contribution in [3.05, 3.63) is 35.4 Å². The molecular weight excluding hydrogens is 282 g/mol. The molecule has 1 aromatic rings. The van der Waals surface area contributed by atoms with Gasteiger partial charge in [0.25, 0.3) is 11.8 Å². The lowest BCUT2D eigenvalue weighted by Crippen LogP contribution is -2.31. The lowest BCUT2D eigenvalue weighted by Gasteiger charge is -2.15. The van der Waals surface area contributed by atoms with E-state index in [1.54, 1.807) is 24.3 Å². The monoisotopic (exact) mass is 295 g/mol. The van der Waals surface area contributed by atoms with Gasteiger partial charge in [-0.3, -0.25) is 14.5 Å². The first-order chi connectivity index (χ1) is 8.15. The first-order valence-electron chi connectivity index (χ1n) is 5.74. The number of hydrogen-bond donors (Lipinski definition) is 0. The van der Waals surface area contributed by atoms with Crippen molar-refractivity contribution in [1.82, 2.24) is 4.90 Å². The zero-order valence-electron chi connectivity index (χ0n) is 9.65. The van der Waals surface area contributed by atoms with Gasteiger partial charge in [0.2, 0.25) is 0 Å². The highest BCUT2D eigenvalue weighted by atomic mass is 79.9. The second-order valence-electron chi connectivity index (χ2n) is 4.10. The standard InChI is InChI=1S/C13H14BrNO2/c1-2-9(14)7-8-15-12(16)10-5-3-4-6-11(10)13(15)17/h3-6,9H,2,7-8H2,1H3. The fourth-order valence-corrected chi connectivity index (χ4v) is 2.12. The second kappa shape index (κ2) is 5.00. The smallest absolute Gasteiger partial charge is 0.261 e. The van der Waals surface area contributed by atoms with E-state index in [9.17, 15) is 9.59 Å². The molecule has 1 aromatic carbocycles. The number of halogens is 1. The molecule has 0 fully saturated rings. The number of nitrogens with zero attached hydrogens (tertiary/aromatic N) is 1. The maximum atomic E-state index is 12.0. The van der Waals surface area contributed by atoms with Crippen molar-refractivity contribution in [2.75, 3.05) is 6.54 Å². The molecule has 2 amide bonds. The minimum atomic E-state index is -0.165. The van der Waals surface area contributed by atoms with Gasteiger partial charge in [0.1, 0.15) is 0 Å². The summed E-state index contributed by atoms with van der Waals surface area (Å²) in [5.41, 5.74) is 1.06. The topological polar surface area (TPSA) is 37.4 Å². The van der Waals surface area contributed by atoms with Crippen LogP contribution < -0.4 is 0 Å². The number of carbonyl (C=O) groups excluding carboxylic acids is 2. The van der Waals surface area contributed by atoms with Crippen molar-refractivity contribution in [3.8, 4) is 0 Å². The van der Waals surface area contributed by atoms with E-state index in [1.807, 2.05) is 0 Å². The summed E-state index contributed by atoms with van der Waals surface area (Å²) in [5.74, 6) is -0.331. The van der Waals surface area contributed by atoms with E-state index < -0.39 is 0 Å². The molecule has 1 unspecified atom stereocenters. The average molecular weight is 296 g/mol. The molecule has 0 radical (unpaired) electrons. The van der Waals surface area contributed by atoms with E-state index in [4.69, 9.17) is 0 Å². The van der Waals surface area contributed by atoms with E-state index in [0.29, 0.717) is 22.5 Å². The maximum absolute atomic E-state index is 12.0. The van der Waals surface area contributed by atoms with Crippen LogP contribution in [0.1, 0.15) is 40.5 Å². The molecule has 0 aliphatic carbocycles. The first-order valence-corrected chi connectivity index (χ1v) is 6.66. The Morgan fingerprint density at radius 3 is 2.18 bits per heavy atom. The van der Waals surface area contributed by atoms with Gasteiger partial charge in [0.15, 0.2) is 0 Å². The van der Waals surface area contributed by atoms with Gasteiger partial charge < -0.3 is 0 Å². The first kappa shape index (κ1) is 12.3. The Hall–Kier alpha value is -1.16. The van der Waals surface area contributed by atoms with Crippen LogP contribution in [0.15, 0.2) is 24.3 Å². The van der Waals surface area contributed by atoms with Crippen LogP contribution in [-0.4, -0.2) is 28.1 Å². The summed E-state index contributed by atoms with van der Waals surface area (Å²) in [4.78, 5) is 25.7. The quantitative estimate of drug-likeness (QED) is 0.633. The summed E-state index contributed by atoms with van der Waals surface area (Å²) in [5, 5.41) is 0. The molecule has 1 aliphatic heterocycles. The Kier molecular flexibility index (Phi) is 3.62. The number of imide groups is 1. The Morgan fingerprint density at radius 1 is 1.18 bits per heavy atom. The molecule has 17 heavy (non-hydrogen) atoms. The third-order valence-corrected chi connectivity index (χ3v) is 4.09. The second-order valence-corrected chi connectivity index (χ2v) is 5.40. The third kappa shape index (κ3) is 2.27. The largest absolute Gasteiger partial charge is 0.274 e. The molecular formula is C13H14BrNO2. The maximum Gasteiger partial charge on any atom is 0.261 e. The molecule has 1 heterocycles. The number of alkyl halides is 1. The molecule has 0 spiro atoms. The van der Waals surface area contributed by atoms with Gasteiger partial charge in [-0.15, -0.1) is 0 Å². The molecule has 3 nitrogen and oxygen atoms in total. The highest BCUT2D eigenvalue weighted by Gasteiger charge is 2.34. The molecule has 1 atom stereocenters. The summed E-state index contributed by atoms with van der Waals surface area (Å²) in [6, 6.07) is 6.99. The van der Waals surface area contributed by atoms with Gasteiger partial charge in [0, 0.05) is 11.4 Å². The van der Waals surface area contributed by atoms with E-state index in [-0.39, 0.29) is 11.8 Å². The van der Waals surface area contributed by atoms with Crippen molar-refractivity contribution in [3.63, 3.8) is 0 Å². The zero-order valence-corrected chi connectivity index (χ0v) is 11.2. The Labute approximate surface area is 109 Å². The number of carbonyl (C=O) groups is 2. The van der Waals surface area contributed by atoms with Crippen LogP contribution in [0.5, 0.6) is 0 Å². The van der Waals surface area contributed by atoms with Gasteiger partial charge in [-0.05, 0) is 25.0 Å². The molecule has 1 aliphatic rings. The van der Waals surface area contributed by atoms with Crippen LogP contribution in [-0.2, 0) is 0 Å². The van der Waals surface area contributed by atoms with Crippen molar-refractivity contribution in [1.29, 1.82) is 0 Å². The molecule has 90 valence electrons. The number of amides is 2. The van der Waals surface area contributed by atoms with Crippen LogP contribution in [0.4, 0.5) is 0 Å². The Balaban J connectivity index is 2.13. The Bertz CT molecular complexity index is 423. The van der Waals surface area contributed by atoms with E-state index >= 15 is 0 Å². The number of benzene rings is 1. The summed E-state index contributed by atoms with van der Waals surface area (Å²) < 4.78 is 0. The molecule has 2 rings (SSSR count). The molecule has 0 saturated carbocycles. The normalized spacial score (nSPS) is 16.2. The minimum absolute atomic E-state index is 0.165. The molecule has 0 bridgehead atoms. The van der Waals surface area contributed by atoms with Crippen LogP contribution in [0, 0.1) is 0 Å². The summed E-state index contributed by atoms with van der Waals surface area (Å²) in [7, 11) is 0. The van der Waals surface area contributed by atoms with E-state index in [1.165, 1.54) is 4.90 Å². The van der Waals surface area contributed by atoms with Crippen LogP contribution >= 0.6 is 15.9 Å². The summed E-state index contributed by atoms with van der Waals surface area (Å²) in [6.45, 7) is 2.55. The number of rotatable bonds is 4. The van der Waals surface area contributed by atoms with Gasteiger partial charge in [-0.25, -0.2) is 0 Å². The van der Waals surface area contributed by atoms with Crippen LogP contribution in [0.2, 0.25) is 0 Å². The molecule has 4 heteroatoms. The summed E-state index contributed by atoms with van der Waals surface area (Å²) >= 11 is 3.51. The van der Waals surface area contributed by atoms with Crippen molar-refractivity contribution in [2.45, 2.75) is 24.6 Å². The van der Waals surface area contributed by atoms with E-state index in [0.717, 1.165) is 12.8 Å². The Morgan fingerprint density at radius 2 is 1.71 bits per heavy atom. The van der Waals surface area contributed by atoms with Crippen LogP contribution in [0.25, 0.3) is 0 Å². The number of fused-ring (bicyclic) bond motifs is 1. The average Bonchev–Trinajstić information content (AvgIpc) is 2.60. The fraction of sp³-hybridized carbons (Fsp3) is 0.385. The fourth-order valence-electron chi connectivity index (χ4n) is 1.92. The molecule has 0 N–H and O–H groups in total. The van der Waals surface area contributed by atoms with Crippen LogP contribution in [0.3, 0.4) is 0 Å².